The predicted octanol–water partition coefficient (Wildman–Crippen LogP) is 3.12. The van der Waals surface area contributed by atoms with Gasteiger partial charge in [0.05, 0.1) is 18.4 Å². The summed E-state index contributed by atoms with van der Waals surface area (Å²) in [5, 5.41) is 0. The van der Waals surface area contributed by atoms with Crippen molar-refractivity contribution in [1.82, 2.24) is 0 Å². The fourth-order valence-electron chi connectivity index (χ4n) is 0.794. The Hall–Kier alpha value is -0.650. The molecule has 0 heterocycles. The van der Waals surface area contributed by atoms with Gasteiger partial charge < -0.3 is 0 Å². The van der Waals surface area contributed by atoms with E-state index < -0.39 is 0 Å². The molecule has 0 rings (SSSR count). The Morgan fingerprint density at radius 1 is 1.44 bits per heavy atom. The molecule has 0 atom stereocenters. The van der Waals surface area contributed by atoms with E-state index in [1.165, 1.54) is 12.3 Å². The van der Waals surface area contributed by atoms with Crippen molar-refractivity contribution in [3.05, 3.63) is 31.2 Å². The number of allylic oxidation sites excluding steroid dienone is 2. The summed E-state index contributed by atoms with van der Waals surface area (Å²) >= 11 is 0. The van der Waals surface area contributed by atoms with E-state index >= 15 is 0 Å². The zero-order valence-electron chi connectivity index (χ0n) is 6.19. The van der Waals surface area contributed by atoms with Gasteiger partial charge in [-0.05, 0) is 6.42 Å². The second kappa shape index (κ2) is 5.49. The molecule has 0 aliphatic rings. The van der Waals surface area contributed by atoms with Crippen LogP contribution in [0.2, 0.25) is 0 Å². The van der Waals surface area contributed by atoms with Crippen molar-refractivity contribution in [1.29, 1.82) is 0 Å². The predicted molar refractivity (Wildman–Crippen MR) is 43.2 cm³/mol. The van der Waals surface area contributed by atoms with Crippen molar-refractivity contribution >= 4 is 0 Å². The van der Waals surface area contributed by atoms with Crippen LogP contribution in [0.15, 0.2) is 25.3 Å². The van der Waals surface area contributed by atoms with E-state index in [-0.39, 0.29) is 0 Å². The first-order valence-electron chi connectivity index (χ1n) is 3.43. The summed E-state index contributed by atoms with van der Waals surface area (Å²) in [5.74, 6) is 1.40. The summed E-state index contributed by atoms with van der Waals surface area (Å²) in [6.07, 6.45) is 7.22. The topological polar surface area (TPSA) is 0 Å². The van der Waals surface area contributed by atoms with Crippen molar-refractivity contribution in [2.75, 3.05) is 0 Å². The third kappa shape index (κ3) is 3.89. The van der Waals surface area contributed by atoms with Crippen molar-refractivity contribution in [3.8, 4) is 0 Å². The third-order valence-corrected chi connectivity index (χ3v) is 1.27. The maximum absolute atomic E-state index is 3.71. The zero-order chi connectivity index (χ0) is 7.11. The highest BCUT2D eigenvalue weighted by Gasteiger charge is 2.05. The Bertz CT molecular complexity index is 82.0. The van der Waals surface area contributed by atoms with Gasteiger partial charge in [0.15, 0.2) is 0 Å². The van der Waals surface area contributed by atoms with Gasteiger partial charge in [0.25, 0.3) is 0 Å². The highest BCUT2D eigenvalue weighted by atomic mass is 14.0. The van der Waals surface area contributed by atoms with Crippen LogP contribution < -0.4 is 0 Å². The molecule has 0 aliphatic carbocycles. The summed E-state index contributed by atoms with van der Waals surface area (Å²) in [6.45, 7) is 9.55. The van der Waals surface area contributed by atoms with Gasteiger partial charge in [-0.1, -0.05) is 13.0 Å². The zero-order valence-corrected chi connectivity index (χ0v) is 6.19. The van der Waals surface area contributed by atoms with Crippen molar-refractivity contribution < 1.29 is 0 Å². The minimum absolute atomic E-state index is 0.997. The van der Waals surface area contributed by atoms with Gasteiger partial charge in [-0.3, -0.25) is 0 Å². The molecule has 0 bridgehead atoms. The molecule has 0 spiro atoms. The van der Waals surface area contributed by atoms with E-state index in [9.17, 15) is 0 Å². The summed E-state index contributed by atoms with van der Waals surface area (Å²) in [5.41, 5.74) is 0. The molecule has 9 heavy (non-hydrogen) atoms. The molecular weight excluding hydrogens is 108 g/mol. The summed E-state index contributed by atoms with van der Waals surface area (Å²) in [6, 6.07) is 0. The molecule has 0 aromatic heterocycles. The fourth-order valence-corrected chi connectivity index (χ4v) is 0.794. The van der Waals surface area contributed by atoms with Gasteiger partial charge in [-0.25, -0.2) is 0 Å². The normalized spacial score (nSPS) is 8.56. The maximum atomic E-state index is 3.71. The van der Waals surface area contributed by atoms with Gasteiger partial charge in [0.2, 0.25) is 0 Å². The van der Waals surface area contributed by atoms with Crippen LogP contribution in [-0.2, 0) is 0 Å². The quantitative estimate of drug-likeness (QED) is 0.389. The van der Waals surface area contributed by atoms with E-state index in [0.717, 1.165) is 12.8 Å². The highest BCUT2D eigenvalue weighted by Crippen LogP contribution is 2.14. The van der Waals surface area contributed by atoms with E-state index in [4.69, 9.17) is 0 Å². The molecule has 0 N–H and O–H groups in total. The monoisotopic (exact) mass is 123 g/mol. The fraction of sp³-hybridized carbons (Fsp3) is 0.444. The molecule has 0 unspecified atom stereocenters. The number of hydrogen-bond donors (Lipinski definition) is 0. The van der Waals surface area contributed by atoms with Gasteiger partial charge in [-0.2, -0.15) is 0 Å². The minimum Gasteiger partial charge on any atom is -0.101 e. The van der Waals surface area contributed by atoms with E-state index in [1.807, 2.05) is 12.2 Å². The lowest BCUT2D eigenvalue weighted by Crippen LogP contribution is -1.88. The number of rotatable bonds is 5. The van der Waals surface area contributed by atoms with E-state index in [0.29, 0.717) is 0 Å². The molecule has 0 aromatic rings. The van der Waals surface area contributed by atoms with Crippen LogP contribution in [0.4, 0.5) is 0 Å². The smallest absolute Gasteiger partial charge is 0.0896 e. The van der Waals surface area contributed by atoms with Crippen LogP contribution in [-0.4, -0.2) is 0 Å². The van der Waals surface area contributed by atoms with Crippen molar-refractivity contribution in [3.63, 3.8) is 0 Å². The Labute approximate surface area is 58.3 Å². The second-order valence-electron chi connectivity index (χ2n) is 2.11. The second-order valence-corrected chi connectivity index (χ2v) is 2.11. The molecule has 0 amide bonds. The summed E-state index contributed by atoms with van der Waals surface area (Å²) in [4.78, 5) is 0. The SMILES string of the molecule is C=CC[C+](C=C)CCC. The molecule has 0 fully saturated rings. The van der Waals surface area contributed by atoms with E-state index in [1.54, 1.807) is 0 Å². The molecule has 0 saturated heterocycles. The van der Waals surface area contributed by atoms with Crippen LogP contribution in [0.3, 0.4) is 0 Å². The molecule has 0 nitrogen and oxygen atoms in total. The van der Waals surface area contributed by atoms with Gasteiger partial charge in [0.1, 0.15) is 0 Å². The third-order valence-electron chi connectivity index (χ3n) is 1.27. The largest absolute Gasteiger partial charge is 0.101 e. The maximum Gasteiger partial charge on any atom is 0.0896 e. The summed E-state index contributed by atoms with van der Waals surface area (Å²) in [7, 11) is 0. The van der Waals surface area contributed by atoms with Crippen LogP contribution in [0.25, 0.3) is 0 Å². The molecule has 0 radical (unpaired) electrons. The standard InChI is InChI=1S/C9H15/c1-4-7-9(6-3)8-5-2/h4,6H,1,3,5,7-8H2,2H3/q+1. The van der Waals surface area contributed by atoms with Gasteiger partial charge in [0, 0.05) is 13.0 Å². The first-order valence-corrected chi connectivity index (χ1v) is 3.43. The Kier molecular flexibility index (Phi) is 5.09. The van der Waals surface area contributed by atoms with Crippen LogP contribution in [0.1, 0.15) is 26.2 Å². The first kappa shape index (κ1) is 8.35. The minimum atomic E-state index is 0.997. The van der Waals surface area contributed by atoms with Gasteiger partial charge in [-0.15, -0.1) is 6.58 Å². The highest BCUT2D eigenvalue weighted by molar-refractivity contribution is 5.08. The molecular formula is C9H15+. The molecule has 0 heteroatoms. The first-order chi connectivity index (χ1) is 4.35. The number of hydrogen-bond acceptors (Lipinski definition) is 0. The van der Waals surface area contributed by atoms with E-state index in [2.05, 4.69) is 20.1 Å². The van der Waals surface area contributed by atoms with Crippen LogP contribution in [0, 0.1) is 5.92 Å². The van der Waals surface area contributed by atoms with Crippen LogP contribution in [0.5, 0.6) is 0 Å². The molecule has 0 aliphatic heterocycles. The van der Waals surface area contributed by atoms with Gasteiger partial charge >= 0.3 is 0 Å². The lowest BCUT2D eigenvalue weighted by atomic mass is 10.0. The lowest BCUT2D eigenvalue weighted by Gasteiger charge is -1.97. The summed E-state index contributed by atoms with van der Waals surface area (Å²) < 4.78 is 0. The average molecular weight is 123 g/mol. The Balaban J connectivity index is 3.40. The molecule has 50 valence electrons. The lowest BCUT2D eigenvalue weighted by molar-refractivity contribution is 0.809. The Morgan fingerprint density at radius 2 is 2.11 bits per heavy atom. The molecule has 0 saturated carbocycles. The van der Waals surface area contributed by atoms with Crippen molar-refractivity contribution in [2.24, 2.45) is 0 Å². The van der Waals surface area contributed by atoms with Crippen molar-refractivity contribution in [2.45, 2.75) is 26.2 Å². The van der Waals surface area contributed by atoms with Crippen LogP contribution >= 0.6 is 0 Å². The molecule has 0 aromatic carbocycles. The average Bonchev–Trinajstić information content (AvgIpc) is 1.88. The Morgan fingerprint density at radius 3 is 2.44 bits per heavy atom.